The summed E-state index contributed by atoms with van der Waals surface area (Å²) in [6.07, 6.45) is 1.13. The van der Waals surface area contributed by atoms with Gasteiger partial charge in [0, 0.05) is 9.75 Å². The van der Waals surface area contributed by atoms with Gasteiger partial charge in [-0.3, -0.25) is 0 Å². The first-order valence-corrected chi connectivity index (χ1v) is 6.79. The molecule has 0 unspecified atom stereocenters. The highest BCUT2D eigenvalue weighted by atomic mass is 32.1. The number of aliphatic hydroxyl groups excluding tert-OH is 1. The van der Waals surface area contributed by atoms with Gasteiger partial charge in [0.05, 0.1) is 6.61 Å². The quantitative estimate of drug-likeness (QED) is 0.861. The fraction of sp³-hybridized carbons (Fsp3) is 0.333. The average Bonchev–Trinajstić information content (AvgIpc) is 2.78. The van der Waals surface area contributed by atoms with Crippen LogP contribution in [-0.2, 0) is 13.0 Å². The van der Waals surface area contributed by atoms with Gasteiger partial charge in [-0.05, 0) is 35.6 Å². The molecular formula is C15H18OS. The number of thiophene rings is 1. The molecule has 0 radical (unpaired) electrons. The SMILES string of the molecule is CC(C)Cc1ccc(-c2ccc(CO)s2)cc1. The van der Waals surface area contributed by atoms with E-state index in [-0.39, 0.29) is 6.61 Å². The first-order chi connectivity index (χ1) is 8.19. The van der Waals surface area contributed by atoms with Crippen molar-refractivity contribution in [2.45, 2.75) is 26.9 Å². The molecule has 0 amide bonds. The van der Waals surface area contributed by atoms with E-state index in [9.17, 15) is 0 Å². The smallest absolute Gasteiger partial charge is 0.0774 e. The minimum absolute atomic E-state index is 0.135. The fourth-order valence-electron chi connectivity index (χ4n) is 1.89. The highest BCUT2D eigenvalue weighted by molar-refractivity contribution is 7.15. The molecule has 0 aliphatic carbocycles. The van der Waals surface area contributed by atoms with Gasteiger partial charge < -0.3 is 5.11 Å². The predicted molar refractivity (Wildman–Crippen MR) is 74.2 cm³/mol. The van der Waals surface area contributed by atoms with Gasteiger partial charge in [-0.15, -0.1) is 11.3 Å². The van der Waals surface area contributed by atoms with Crippen LogP contribution in [0.3, 0.4) is 0 Å². The van der Waals surface area contributed by atoms with Crippen LogP contribution >= 0.6 is 11.3 Å². The zero-order chi connectivity index (χ0) is 12.3. The van der Waals surface area contributed by atoms with Gasteiger partial charge in [-0.1, -0.05) is 38.1 Å². The summed E-state index contributed by atoms with van der Waals surface area (Å²) in [7, 11) is 0. The summed E-state index contributed by atoms with van der Waals surface area (Å²) in [5.74, 6) is 0.698. The Labute approximate surface area is 107 Å². The molecule has 0 aliphatic heterocycles. The van der Waals surface area contributed by atoms with Crippen LogP contribution in [0.1, 0.15) is 24.3 Å². The molecular weight excluding hydrogens is 228 g/mol. The third-order valence-corrected chi connectivity index (χ3v) is 3.82. The van der Waals surface area contributed by atoms with Crippen molar-refractivity contribution in [2.75, 3.05) is 0 Å². The van der Waals surface area contributed by atoms with Crippen LogP contribution in [0.25, 0.3) is 10.4 Å². The first kappa shape index (κ1) is 12.3. The van der Waals surface area contributed by atoms with E-state index in [4.69, 9.17) is 5.11 Å². The fourth-order valence-corrected chi connectivity index (χ4v) is 2.77. The Hall–Kier alpha value is -1.12. The summed E-state index contributed by atoms with van der Waals surface area (Å²) >= 11 is 1.66. The lowest BCUT2D eigenvalue weighted by Crippen LogP contribution is -1.93. The lowest BCUT2D eigenvalue weighted by molar-refractivity contribution is 0.285. The molecule has 2 heteroatoms. The molecule has 17 heavy (non-hydrogen) atoms. The largest absolute Gasteiger partial charge is 0.391 e. The zero-order valence-corrected chi connectivity index (χ0v) is 11.1. The van der Waals surface area contributed by atoms with Crippen molar-refractivity contribution in [3.8, 4) is 10.4 Å². The van der Waals surface area contributed by atoms with Crippen molar-refractivity contribution in [3.63, 3.8) is 0 Å². The molecule has 0 saturated carbocycles. The molecule has 0 saturated heterocycles. The van der Waals surface area contributed by atoms with E-state index in [0.29, 0.717) is 5.92 Å². The Kier molecular flexibility index (Phi) is 3.97. The average molecular weight is 246 g/mol. The topological polar surface area (TPSA) is 20.2 Å². The van der Waals surface area contributed by atoms with Gasteiger partial charge in [0.25, 0.3) is 0 Å². The Bertz CT molecular complexity index is 468. The first-order valence-electron chi connectivity index (χ1n) is 5.98. The van der Waals surface area contributed by atoms with E-state index < -0.39 is 0 Å². The van der Waals surface area contributed by atoms with E-state index in [1.165, 1.54) is 16.0 Å². The van der Waals surface area contributed by atoms with Crippen LogP contribution < -0.4 is 0 Å². The molecule has 0 bridgehead atoms. The maximum atomic E-state index is 9.05. The lowest BCUT2D eigenvalue weighted by Gasteiger charge is -2.05. The molecule has 1 heterocycles. The van der Waals surface area contributed by atoms with Crippen LogP contribution in [0.15, 0.2) is 36.4 Å². The second-order valence-corrected chi connectivity index (χ2v) is 5.89. The molecule has 1 N–H and O–H groups in total. The van der Waals surface area contributed by atoms with Crippen LogP contribution in [0, 0.1) is 5.92 Å². The van der Waals surface area contributed by atoms with Crippen LogP contribution in [0.4, 0.5) is 0 Å². The van der Waals surface area contributed by atoms with Gasteiger partial charge in [-0.25, -0.2) is 0 Å². The van der Waals surface area contributed by atoms with E-state index in [0.717, 1.165) is 11.3 Å². The number of hydrogen-bond donors (Lipinski definition) is 1. The minimum Gasteiger partial charge on any atom is -0.391 e. The standard InChI is InChI=1S/C15H18OS/c1-11(2)9-12-3-5-13(6-4-12)15-8-7-14(10-16)17-15/h3-8,11,16H,9-10H2,1-2H3. The molecule has 0 fully saturated rings. The van der Waals surface area contributed by atoms with Crippen LogP contribution in [0.2, 0.25) is 0 Å². The number of hydrogen-bond acceptors (Lipinski definition) is 2. The molecule has 90 valence electrons. The van der Waals surface area contributed by atoms with Crippen molar-refractivity contribution >= 4 is 11.3 Å². The third kappa shape index (κ3) is 3.18. The van der Waals surface area contributed by atoms with Gasteiger partial charge in [0.2, 0.25) is 0 Å². The minimum atomic E-state index is 0.135. The number of aliphatic hydroxyl groups is 1. The molecule has 1 aromatic carbocycles. The molecule has 2 aromatic rings. The highest BCUT2D eigenvalue weighted by Crippen LogP contribution is 2.28. The second kappa shape index (κ2) is 5.48. The Balaban J connectivity index is 2.17. The second-order valence-electron chi connectivity index (χ2n) is 4.72. The Morgan fingerprint density at radius 3 is 2.29 bits per heavy atom. The molecule has 1 aromatic heterocycles. The Morgan fingerprint density at radius 2 is 1.76 bits per heavy atom. The highest BCUT2D eigenvalue weighted by Gasteiger charge is 2.03. The monoisotopic (exact) mass is 246 g/mol. The predicted octanol–water partition coefficient (Wildman–Crippen LogP) is 4.11. The maximum Gasteiger partial charge on any atom is 0.0774 e. The van der Waals surface area contributed by atoms with E-state index in [2.05, 4.69) is 44.2 Å². The summed E-state index contributed by atoms with van der Waals surface area (Å²) in [5.41, 5.74) is 2.63. The van der Waals surface area contributed by atoms with Crippen molar-refractivity contribution in [1.29, 1.82) is 0 Å². The number of benzene rings is 1. The van der Waals surface area contributed by atoms with Gasteiger partial charge in [-0.2, -0.15) is 0 Å². The van der Waals surface area contributed by atoms with Gasteiger partial charge in [0.15, 0.2) is 0 Å². The molecule has 2 rings (SSSR count). The lowest BCUT2D eigenvalue weighted by atomic mass is 10.0. The van der Waals surface area contributed by atoms with Crippen LogP contribution in [-0.4, -0.2) is 5.11 Å². The van der Waals surface area contributed by atoms with Crippen molar-refractivity contribution in [1.82, 2.24) is 0 Å². The Morgan fingerprint density at radius 1 is 1.06 bits per heavy atom. The summed E-state index contributed by atoms with van der Waals surface area (Å²) in [6.45, 7) is 4.61. The number of rotatable bonds is 4. The van der Waals surface area contributed by atoms with E-state index >= 15 is 0 Å². The van der Waals surface area contributed by atoms with Crippen molar-refractivity contribution in [3.05, 3.63) is 46.8 Å². The molecule has 1 nitrogen and oxygen atoms in total. The van der Waals surface area contributed by atoms with E-state index in [1.807, 2.05) is 6.07 Å². The normalized spacial score (nSPS) is 11.1. The summed E-state index contributed by atoms with van der Waals surface area (Å²) in [5, 5.41) is 9.05. The summed E-state index contributed by atoms with van der Waals surface area (Å²) in [6, 6.07) is 12.8. The maximum absolute atomic E-state index is 9.05. The van der Waals surface area contributed by atoms with Crippen molar-refractivity contribution < 1.29 is 5.11 Å². The zero-order valence-electron chi connectivity index (χ0n) is 10.3. The van der Waals surface area contributed by atoms with E-state index in [1.54, 1.807) is 11.3 Å². The molecule has 0 spiro atoms. The molecule has 0 atom stereocenters. The molecule has 0 aliphatic rings. The van der Waals surface area contributed by atoms with Crippen molar-refractivity contribution in [2.24, 2.45) is 5.92 Å². The van der Waals surface area contributed by atoms with Crippen LogP contribution in [0.5, 0.6) is 0 Å². The summed E-state index contributed by atoms with van der Waals surface area (Å²) in [4.78, 5) is 2.25. The van der Waals surface area contributed by atoms with Gasteiger partial charge >= 0.3 is 0 Å². The third-order valence-electron chi connectivity index (χ3n) is 2.70. The van der Waals surface area contributed by atoms with Gasteiger partial charge in [0.1, 0.15) is 0 Å². The summed E-state index contributed by atoms with van der Waals surface area (Å²) < 4.78 is 0.